The van der Waals surface area contributed by atoms with E-state index in [2.05, 4.69) is 6.07 Å². The molecule has 1 aromatic rings. The van der Waals surface area contributed by atoms with Gasteiger partial charge in [0.2, 0.25) is 5.91 Å². The lowest BCUT2D eigenvalue weighted by molar-refractivity contribution is -0.116. The number of nitrogens with two attached hydrogens (primary N) is 1. The Morgan fingerprint density at radius 3 is 2.80 bits per heavy atom. The molecule has 0 aliphatic carbocycles. The van der Waals surface area contributed by atoms with Gasteiger partial charge in [-0.1, -0.05) is 6.07 Å². The Morgan fingerprint density at radius 2 is 2.27 bits per heavy atom. The van der Waals surface area contributed by atoms with E-state index in [-0.39, 0.29) is 6.54 Å². The maximum atomic E-state index is 10.7. The van der Waals surface area contributed by atoms with Crippen molar-refractivity contribution >= 4 is 11.6 Å². The van der Waals surface area contributed by atoms with E-state index in [9.17, 15) is 4.79 Å². The minimum Gasteiger partial charge on any atom is -0.368 e. The third-order valence-electron chi connectivity index (χ3n) is 2.08. The Balaban J connectivity index is 3.04. The van der Waals surface area contributed by atoms with Crippen molar-refractivity contribution in [3.63, 3.8) is 0 Å². The number of carbonyl (C=O) groups is 1. The zero-order valence-electron chi connectivity index (χ0n) is 8.82. The van der Waals surface area contributed by atoms with Crippen molar-refractivity contribution in [3.05, 3.63) is 29.3 Å². The first-order valence-corrected chi connectivity index (χ1v) is 4.55. The van der Waals surface area contributed by atoms with Crippen LogP contribution in [-0.4, -0.2) is 19.5 Å². The molecule has 2 N–H and O–H groups in total. The van der Waals surface area contributed by atoms with Gasteiger partial charge in [-0.25, -0.2) is 0 Å². The van der Waals surface area contributed by atoms with Gasteiger partial charge in [0.25, 0.3) is 0 Å². The van der Waals surface area contributed by atoms with Crippen LogP contribution >= 0.6 is 0 Å². The highest BCUT2D eigenvalue weighted by Crippen LogP contribution is 2.19. The monoisotopic (exact) mass is 203 g/mol. The Morgan fingerprint density at radius 1 is 1.60 bits per heavy atom. The average molecular weight is 203 g/mol. The predicted molar refractivity (Wildman–Crippen MR) is 58.4 cm³/mol. The minimum absolute atomic E-state index is 0.109. The van der Waals surface area contributed by atoms with Crippen LogP contribution in [0.15, 0.2) is 18.2 Å². The number of aryl methyl sites for hydroxylation is 1. The van der Waals surface area contributed by atoms with Gasteiger partial charge in [-0.3, -0.25) is 4.79 Å². The van der Waals surface area contributed by atoms with Gasteiger partial charge in [0.15, 0.2) is 0 Å². The zero-order chi connectivity index (χ0) is 11.4. The number of benzene rings is 1. The molecule has 4 heteroatoms. The molecule has 0 heterocycles. The van der Waals surface area contributed by atoms with E-state index in [4.69, 9.17) is 11.0 Å². The summed E-state index contributed by atoms with van der Waals surface area (Å²) in [4.78, 5) is 12.4. The number of hydrogen-bond donors (Lipinski definition) is 1. The largest absolute Gasteiger partial charge is 0.368 e. The molecule has 0 atom stereocenters. The minimum atomic E-state index is -0.415. The second-order valence-corrected chi connectivity index (χ2v) is 3.45. The molecule has 0 unspecified atom stereocenters. The fourth-order valence-corrected chi connectivity index (χ4v) is 1.39. The highest BCUT2D eigenvalue weighted by Gasteiger charge is 2.09. The van der Waals surface area contributed by atoms with Crippen LogP contribution in [-0.2, 0) is 4.79 Å². The predicted octanol–water partition coefficient (Wildman–Crippen LogP) is 0.788. The summed E-state index contributed by atoms with van der Waals surface area (Å²) in [5.41, 5.74) is 7.38. The van der Waals surface area contributed by atoms with Gasteiger partial charge < -0.3 is 10.6 Å². The summed E-state index contributed by atoms with van der Waals surface area (Å²) in [7, 11) is 1.73. The van der Waals surface area contributed by atoms with Gasteiger partial charge in [-0.15, -0.1) is 0 Å². The second-order valence-electron chi connectivity index (χ2n) is 3.45. The van der Waals surface area contributed by atoms with Crippen molar-refractivity contribution in [3.8, 4) is 6.07 Å². The van der Waals surface area contributed by atoms with Gasteiger partial charge in [-0.2, -0.15) is 5.26 Å². The Labute approximate surface area is 88.9 Å². The maximum absolute atomic E-state index is 10.7. The third-order valence-corrected chi connectivity index (χ3v) is 2.08. The van der Waals surface area contributed by atoms with Crippen LogP contribution in [0.3, 0.4) is 0 Å². The molecular formula is C11H13N3O. The SMILES string of the molecule is Cc1ccc(N(C)CC(N)=O)c(C#N)c1. The lowest BCUT2D eigenvalue weighted by atomic mass is 10.1. The molecule has 0 saturated heterocycles. The standard InChI is InChI=1S/C11H13N3O/c1-8-3-4-10(9(5-8)6-12)14(2)7-11(13)15/h3-5H,7H2,1-2H3,(H2,13,15). The quantitative estimate of drug-likeness (QED) is 0.789. The number of hydrogen-bond acceptors (Lipinski definition) is 3. The normalized spacial score (nSPS) is 9.40. The molecule has 0 aromatic heterocycles. The number of carbonyl (C=O) groups excluding carboxylic acids is 1. The summed E-state index contributed by atoms with van der Waals surface area (Å²) in [6, 6.07) is 7.59. The molecule has 0 saturated carbocycles. The molecule has 0 radical (unpaired) electrons. The van der Waals surface area contributed by atoms with E-state index >= 15 is 0 Å². The fourth-order valence-electron chi connectivity index (χ4n) is 1.39. The van der Waals surface area contributed by atoms with Crippen molar-refractivity contribution < 1.29 is 4.79 Å². The van der Waals surface area contributed by atoms with Gasteiger partial charge >= 0.3 is 0 Å². The van der Waals surface area contributed by atoms with Gasteiger partial charge in [0, 0.05) is 7.05 Å². The summed E-state index contributed by atoms with van der Waals surface area (Å²) in [6.07, 6.45) is 0. The van der Waals surface area contributed by atoms with Gasteiger partial charge in [0.1, 0.15) is 6.07 Å². The van der Waals surface area contributed by atoms with E-state index in [1.807, 2.05) is 19.1 Å². The van der Waals surface area contributed by atoms with Gasteiger partial charge in [0.05, 0.1) is 17.8 Å². The van der Waals surface area contributed by atoms with Crippen molar-refractivity contribution in [1.82, 2.24) is 0 Å². The van der Waals surface area contributed by atoms with Crippen LogP contribution < -0.4 is 10.6 Å². The number of likely N-dealkylation sites (N-methyl/N-ethyl adjacent to an activating group) is 1. The smallest absolute Gasteiger partial charge is 0.236 e. The first kappa shape index (κ1) is 11.1. The number of anilines is 1. The zero-order valence-corrected chi connectivity index (χ0v) is 8.82. The van der Waals surface area contributed by atoms with Crippen LogP contribution in [0.1, 0.15) is 11.1 Å². The number of nitriles is 1. The molecule has 1 aromatic carbocycles. The molecule has 1 rings (SSSR count). The van der Waals surface area contributed by atoms with Crippen molar-refractivity contribution in [1.29, 1.82) is 5.26 Å². The molecule has 0 aliphatic rings. The van der Waals surface area contributed by atoms with Crippen molar-refractivity contribution in [2.24, 2.45) is 5.73 Å². The Hall–Kier alpha value is -2.02. The van der Waals surface area contributed by atoms with Crippen molar-refractivity contribution in [2.45, 2.75) is 6.92 Å². The molecular weight excluding hydrogens is 190 g/mol. The summed E-state index contributed by atoms with van der Waals surface area (Å²) < 4.78 is 0. The van der Waals surface area contributed by atoms with Crippen LogP contribution in [0.4, 0.5) is 5.69 Å². The van der Waals surface area contributed by atoms with E-state index in [0.717, 1.165) is 11.3 Å². The molecule has 0 fully saturated rings. The first-order chi connectivity index (χ1) is 7.04. The lowest BCUT2D eigenvalue weighted by Gasteiger charge is -2.18. The average Bonchev–Trinajstić information content (AvgIpc) is 2.16. The second kappa shape index (κ2) is 4.47. The van der Waals surface area contributed by atoms with Crippen LogP contribution in [0, 0.1) is 18.3 Å². The van der Waals surface area contributed by atoms with E-state index in [0.29, 0.717) is 5.56 Å². The summed E-state index contributed by atoms with van der Waals surface area (Å²) in [5.74, 6) is -0.415. The molecule has 78 valence electrons. The number of nitrogens with zero attached hydrogens (tertiary/aromatic N) is 2. The van der Waals surface area contributed by atoms with Crippen LogP contribution in [0.5, 0.6) is 0 Å². The lowest BCUT2D eigenvalue weighted by Crippen LogP contribution is -2.30. The maximum Gasteiger partial charge on any atom is 0.236 e. The molecule has 0 aliphatic heterocycles. The summed E-state index contributed by atoms with van der Waals surface area (Å²) in [6.45, 7) is 2.02. The molecule has 0 bridgehead atoms. The third kappa shape index (κ3) is 2.71. The topological polar surface area (TPSA) is 70.1 Å². The molecule has 1 amide bonds. The Kier molecular flexibility index (Phi) is 3.29. The van der Waals surface area contributed by atoms with E-state index in [1.165, 1.54) is 0 Å². The highest BCUT2D eigenvalue weighted by atomic mass is 16.1. The number of primary amides is 1. The number of amides is 1. The van der Waals surface area contributed by atoms with Crippen LogP contribution in [0.2, 0.25) is 0 Å². The molecule has 0 spiro atoms. The fraction of sp³-hybridized carbons (Fsp3) is 0.273. The van der Waals surface area contributed by atoms with E-state index < -0.39 is 5.91 Å². The highest BCUT2D eigenvalue weighted by molar-refractivity contribution is 5.80. The molecule has 15 heavy (non-hydrogen) atoms. The Bertz CT molecular complexity index is 420. The summed E-state index contributed by atoms with van der Waals surface area (Å²) >= 11 is 0. The van der Waals surface area contributed by atoms with Crippen molar-refractivity contribution in [2.75, 3.05) is 18.5 Å². The summed E-state index contributed by atoms with van der Waals surface area (Å²) in [5, 5.41) is 8.93. The van der Waals surface area contributed by atoms with E-state index in [1.54, 1.807) is 18.0 Å². The first-order valence-electron chi connectivity index (χ1n) is 4.55. The van der Waals surface area contributed by atoms with Crippen LogP contribution in [0.25, 0.3) is 0 Å². The molecule has 4 nitrogen and oxygen atoms in total. The van der Waals surface area contributed by atoms with Gasteiger partial charge in [-0.05, 0) is 24.6 Å². The number of rotatable bonds is 3.